The van der Waals surface area contributed by atoms with Gasteiger partial charge in [-0.05, 0) is 43.4 Å². The molecule has 1 aromatic carbocycles. The van der Waals surface area contributed by atoms with Crippen LogP contribution in [0, 0.1) is 6.92 Å². The first-order chi connectivity index (χ1) is 9.00. The zero-order valence-electron chi connectivity index (χ0n) is 11.2. The molecule has 1 aliphatic carbocycles. The lowest BCUT2D eigenvalue weighted by molar-refractivity contribution is 0.576. The summed E-state index contributed by atoms with van der Waals surface area (Å²) in [6, 6.07) is 3.85. The van der Waals surface area contributed by atoms with Crippen molar-refractivity contribution in [3.05, 3.63) is 23.3 Å². The maximum Gasteiger partial charge on any atom is 0.238 e. The van der Waals surface area contributed by atoms with E-state index in [4.69, 9.17) is 5.73 Å². The number of hydrogen-bond donors (Lipinski definition) is 1. The van der Waals surface area contributed by atoms with Gasteiger partial charge in [0.1, 0.15) is 0 Å². The van der Waals surface area contributed by atoms with E-state index in [1.165, 1.54) is 0 Å². The predicted octanol–water partition coefficient (Wildman–Crippen LogP) is 2.21. The minimum atomic E-state index is -3.20. The van der Waals surface area contributed by atoms with Crippen molar-refractivity contribution >= 4 is 21.4 Å². The number of rotatable bonds is 2. The van der Waals surface area contributed by atoms with Gasteiger partial charge in [-0.15, -0.1) is 0 Å². The van der Waals surface area contributed by atoms with Crippen LogP contribution in [0.2, 0.25) is 0 Å². The van der Waals surface area contributed by atoms with Gasteiger partial charge in [-0.2, -0.15) is 0 Å². The molecule has 2 aliphatic rings. The number of nitrogen functional groups attached to an aromatic ring is 1. The van der Waals surface area contributed by atoms with Crippen molar-refractivity contribution in [3.8, 4) is 0 Å². The summed E-state index contributed by atoms with van der Waals surface area (Å²) in [7, 11) is -3.20. The van der Waals surface area contributed by atoms with E-state index in [0.29, 0.717) is 12.2 Å². The molecule has 104 valence electrons. The molecular formula is C14H20N2O2S. The van der Waals surface area contributed by atoms with E-state index in [2.05, 4.69) is 0 Å². The summed E-state index contributed by atoms with van der Waals surface area (Å²) in [6.45, 7) is 2.53. The molecule has 0 atom stereocenters. The lowest BCUT2D eigenvalue weighted by atomic mass is 10.1. The van der Waals surface area contributed by atoms with Crippen molar-refractivity contribution in [2.45, 2.75) is 44.3 Å². The summed E-state index contributed by atoms with van der Waals surface area (Å²) in [5, 5.41) is -0.194. The molecule has 0 saturated heterocycles. The van der Waals surface area contributed by atoms with Gasteiger partial charge in [0.05, 0.1) is 10.9 Å². The van der Waals surface area contributed by atoms with Gasteiger partial charge in [0.15, 0.2) is 0 Å². The van der Waals surface area contributed by atoms with Gasteiger partial charge in [-0.1, -0.05) is 18.9 Å². The van der Waals surface area contributed by atoms with Gasteiger partial charge in [0.25, 0.3) is 0 Å². The van der Waals surface area contributed by atoms with Crippen LogP contribution in [-0.2, 0) is 16.4 Å². The zero-order valence-corrected chi connectivity index (χ0v) is 12.0. The van der Waals surface area contributed by atoms with E-state index in [0.717, 1.165) is 48.9 Å². The maximum atomic E-state index is 12.7. The normalized spacial score (nSPS) is 19.9. The summed E-state index contributed by atoms with van der Waals surface area (Å²) >= 11 is 0. The first-order valence-corrected chi connectivity index (χ1v) is 8.41. The second-order valence-electron chi connectivity index (χ2n) is 5.61. The molecule has 5 heteroatoms. The Hall–Kier alpha value is -1.23. The van der Waals surface area contributed by atoms with Crippen LogP contribution >= 0.6 is 0 Å². The lowest BCUT2D eigenvalue weighted by Gasteiger charge is -2.24. The topological polar surface area (TPSA) is 63.4 Å². The van der Waals surface area contributed by atoms with Crippen LogP contribution in [0.1, 0.15) is 36.8 Å². The average Bonchev–Trinajstić information content (AvgIpc) is 2.98. The highest BCUT2D eigenvalue weighted by Gasteiger charge is 2.37. The Kier molecular flexibility index (Phi) is 2.96. The molecule has 19 heavy (non-hydrogen) atoms. The minimum Gasteiger partial charge on any atom is -0.398 e. The van der Waals surface area contributed by atoms with E-state index in [1.54, 1.807) is 4.31 Å². The number of nitrogens with zero attached hydrogens (tertiary/aromatic N) is 1. The third kappa shape index (κ3) is 2.00. The van der Waals surface area contributed by atoms with Gasteiger partial charge >= 0.3 is 0 Å². The van der Waals surface area contributed by atoms with Crippen LogP contribution < -0.4 is 10.0 Å². The Morgan fingerprint density at radius 2 is 1.95 bits per heavy atom. The van der Waals surface area contributed by atoms with Crippen LogP contribution in [0.25, 0.3) is 0 Å². The largest absolute Gasteiger partial charge is 0.398 e. The fourth-order valence-electron chi connectivity index (χ4n) is 3.18. The summed E-state index contributed by atoms with van der Waals surface area (Å²) in [5.74, 6) is 0. The standard InChI is InChI=1S/C14H20N2O2S/c1-10-8-11-6-7-16(14(11)9-13(10)15)19(17,18)12-4-2-3-5-12/h8-9,12H,2-7,15H2,1H3. The number of fused-ring (bicyclic) bond motifs is 1. The summed E-state index contributed by atoms with van der Waals surface area (Å²) in [6.07, 6.45) is 4.45. The SMILES string of the molecule is Cc1cc2c(cc1N)N(S(=O)(=O)C1CCCC1)CC2. The quantitative estimate of drug-likeness (QED) is 0.845. The highest BCUT2D eigenvalue weighted by Crippen LogP contribution is 2.37. The molecule has 2 N–H and O–H groups in total. The molecule has 0 bridgehead atoms. The van der Waals surface area contributed by atoms with Gasteiger partial charge in [0, 0.05) is 12.2 Å². The van der Waals surface area contributed by atoms with Crippen molar-refractivity contribution in [2.24, 2.45) is 0 Å². The van der Waals surface area contributed by atoms with Crippen LogP contribution in [-0.4, -0.2) is 20.2 Å². The minimum absolute atomic E-state index is 0.194. The van der Waals surface area contributed by atoms with Gasteiger partial charge in [-0.25, -0.2) is 8.42 Å². The molecule has 1 heterocycles. The molecule has 3 rings (SSSR count). The monoisotopic (exact) mass is 280 g/mol. The molecular weight excluding hydrogens is 260 g/mol. The van der Waals surface area contributed by atoms with Crippen molar-refractivity contribution in [1.29, 1.82) is 0 Å². The molecule has 1 aliphatic heterocycles. The highest BCUT2D eigenvalue weighted by atomic mass is 32.2. The van der Waals surface area contributed by atoms with E-state index >= 15 is 0 Å². The Bertz CT molecular complexity index is 604. The average molecular weight is 280 g/mol. The van der Waals surface area contributed by atoms with E-state index in [-0.39, 0.29) is 5.25 Å². The Labute approximate surface area is 114 Å². The van der Waals surface area contributed by atoms with Crippen LogP contribution in [0.15, 0.2) is 12.1 Å². The molecule has 0 aromatic heterocycles. The number of nitrogens with two attached hydrogens (primary N) is 1. The molecule has 1 fully saturated rings. The van der Waals surface area contributed by atoms with Crippen molar-refractivity contribution < 1.29 is 8.42 Å². The second-order valence-corrected chi connectivity index (χ2v) is 7.75. The summed E-state index contributed by atoms with van der Waals surface area (Å²) < 4.78 is 26.9. The predicted molar refractivity (Wildman–Crippen MR) is 77.8 cm³/mol. The lowest BCUT2D eigenvalue weighted by Crippen LogP contribution is -2.36. The van der Waals surface area contributed by atoms with Gasteiger partial charge in [0.2, 0.25) is 10.0 Å². The van der Waals surface area contributed by atoms with Crippen molar-refractivity contribution in [1.82, 2.24) is 0 Å². The fraction of sp³-hybridized carbons (Fsp3) is 0.571. The van der Waals surface area contributed by atoms with E-state index in [9.17, 15) is 8.42 Å². The van der Waals surface area contributed by atoms with E-state index < -0.39 is 10.0 Å². The number of anilines is 2. The summed E-state index contributed by atoms with van der Waals surface area (Å²) in [5.41, 5.74) is 9.54. The molecule has 1 saturated carbocycles. The number of hydrogen-bond acceptors (Lipinski definition) is 3. The molecule has 1 aromatic rings. The molecule has 4 nitrogen and oxygen atoms in total. The highest BCUT2D eigenvalue weighted by molar-refractivity contribution is 7.93. The Morgan fingerprint density at radius 3 is 2.63 bits per heavy atom. The summed E-state index contributed by atoms with van der Waals surface area (Å²) in [4.78, 5) is 0. The Balaban J connectivity index is 2.00. The number of aryl methyl sites for hydroxylation is 1. The molecule has 0 spiro atoms. The first kappa shape index (κ1) is 12.8. The third-order valence-corrected chi connectivity index (χ3v) is 6.66. The van der Waals surface area contributed by atoms with Crippen molar-refractivity contribution in [3.63, 3.8) is 0 Å². The van der Waals surface area contributed by atoms with Gasteiger partial charge < -0.3 is 5.73 Å². The fourth-order valence-corrected chi connectivity index (χ4v) is 5.26. The molecule has 0 radical (unpaired) electrons. The Morgan fingerprint density at radius 1 is 1.26 bits per heavy atom. The van der Waals surface area contributed by atoms with Crippen LogP contribution in [0.5, 0.6) is 0 Å². The molecule has 0 unspecified atom stereocenters. The van der Waals surface area contributed by atoms with Crippen LogP contribution in [0.3, 0.4) is 0 Å². The maximum absolute atomic E-state index is 12.7. The zero-order chi connectivity index (χ0) is 13.6. The smallest absolute Gasteiger partial charge is 0.238 e. The van der Waals surface area contributed by atoms with Gasteiger partial charge in [-0.3, -0.25) is 4.31 Å². The first-order valence-electron chi connectivity index (χ1n) is 6.90. The second kappa shape index (κ2) is 4.40. The number of benzene rings is 1. The van der Waals surface area contributed by atoms with Crippen LogP contribution in [0.4, 0.5) is 11.4 Å². The molecule has 0 amide bonds. The van der Waals surface area contributed by atoms with Crippen molar-refractivity contribution in [2.75, 3.05) is 16.6 Å². The third-order valence-electron chi connectivity index (χ3n) is 4.35. The number of sulfonamides is 1. The van der Waals surface area contributed by atoms with E-state index in [1.807, 2.05) is 19.1 Å².